The van der Waals surface area contributed by atoms with E-state index in [1.54, 1.807) is 36.5 Å². The van der Waals surface area contributed by atoms with Crippen molar-refractivity contribution in [1.29, 1.82) is 0 Å². The number of hydrogen-bond acceptors (Lipinski definition) is 5. The number of nitrogen functional groups attached to an aromatic ring is 1. The van der Waals surface area contributed by atoms with Gasteiger partial charge in [-0.2, -0.15) is 5.10 Å². The molecule has 0 fully saturated rings. The number of hydrogen-bond donors (Lipinski definition) is 1. The van der Waals surface area contributed by atoms with Gasteiger partial charge in [0, 0.05) is 19.4 Å². The van der Waals surface area contributed by atoms with Crippen molar-refractivity contribution in [2.75, 3.05) is 5.73 Å². The van der Waals surface area contributed by atoms with Crippen LogP contribution in [0.25, 0.3) is 17.0 Å². The van der Waals surface area contributed by atoms with Crippen LogP contribution in [-0.4, -0.2) is 29.4 Å². The summed E-state index contributed by atoms with van der Waals surface area (Å²) in [5, 5.41) is 12.2. The molecule has 16 heavy (non-hydrogen) atoms. The van der Waals surface area contributed by atoms with Gasteiger partial charge >= 0.3 is 0 Å². The molecular weight excluding hydrogens is 206 g/mol. The van der Waals surface area contributed by atoms with Crippen molar-refractivity contribution >= 4 is 11.5 Å². The van der Waals surface area contributed by atoms with Crippen molar-refractivity contribution in [3.8, 4) is 11.4 Å². The van der Waals surface area contributed by atoms with Gasteiger partial charge in [0.1, 0.15) is 5.82 Å². The fourth-order valence-corrected chi connectivity index (χ4v) is 1.56. The highest BCUT2D eigenvalue weighted by Gasteiger charge is 2.13. The van der Waals surface area contributed by atoms with Gasteiger partial charge in [0.25, 0.3) is 0 Å². The van der Waals surface area contributed by atoms with Gasteiger partial charge in [-0.25, -0.2) is 0 Å². The first-order chi connectivity index (χ1) is 7.77. The summed E-state index contributed by atoms with van der Waals surface area (Å²) in [7, 11) is 1.78. The van der Waals surface area contributed by atoms with Gasteiger partial charge in [-0.05, 0) is 0 Å². The summed E-state index contributed by atoms with van der Waals surface area (Å²) in [6.07, 6.45) is 6.78. The molecule has 0 saturated heterocycles. The molecule has 3 aromatic rings. The fourth-order valence-electron chi connectivity index (χ4n) is 1.56. The van der Waals surface area contributed by atoms with E-state index in [1.807, 2.05) is 4.40 Å². The van der Waals surface area contributed by atoms with Gasteiger partial charge in [0.05, 0.1) is 18.0 Å². The Labute approximate surface area is 90.5 Å². The monoisotopic (exact) mass is 215 g/mol. The predicted octanol–water partition coefficient (Wildman–Crippen LogP) is 0.107. The Hall–Kier alpha value is -2.44. The van der Waals surface area contributed by atoms with Crippen molar-refractivity contribution in [3.05, 3.63) is 24.8 Å². The smallest absolute Gasteiger partial charge is 0.179 e. The first-order valence-corrected chi connectivity index (χ1v) is 4.70. The summed E-state index contributed by atoms with van der Waals surface area (Å²) in [5.74, 6) is 1.23. The maximum absolute atomic E-state index is 5.89. The van der Waals surface area contributed by atoms with Crippen molar-refractivity contribution in [3.63, 3.8) is 0 Å². The molecule has 7 nitrogen and oxygen atoms in total. The molecule has 0 saturated carbocycles. The Bertz CT molecular complexity index is 651. The van der Waals surface area contributed by atoms with Crippen LogP contribution >= 0.6 is 0 Å². The van der Waals surface area contributed by atoms with Gasteiger partial charge in [-0.15, -0.1) is 10.2 Å². The Morgan fingerprint density at radius 2 is 2.12 bits per heavy atom. The zero-order valence-electron chi connectivity index (χ0n) is 8.57. The average Bonchev–Trinajstić information content (AvgIpc) is 2.85. The standard InChI is InChI=1S/C9H9N7/c1-15-8(10)6(4-12-15)9-14-13-7-5-11-2-3-16(7)9/h2-5H,10H2,1H3. The van der Waals surface area contributed by atoms with Crippen LogP contribution < -0.4 is 5.73 Å². The molecule has 80 valence electrons. The molecule has 0 aliphatic heterocycles. The van der Waals surface area contributed by atoms with Crippen LogP contribution in [0.4, 0.5) is 5.82 Å². The van der Waals surface area contributed by atoms with Crippen molar-refractivity contribution < 1.29 is 0 Å². The second kappa shape index (κ2) is 3.02. The minimum Gasteiger partial charge on any atom is -0.383 e. The number of nitrogens with zero attached hydrogens (tertiary/aromatic N) is 6. The topological polar surface area (TPSA) is 86.9 Å². The Morgan fingerprint density at radius 1 is 1.25 bits per heavy atom. The van der Waals surface area contributed by atoms with Crippen LogP contribution in [0.5, 0.6) is 0 Å². The van der Waals surface area contributed by atoms with Crippen LogP contribution in [0.15, 0.2) is 24.8 Å². The summed E-state index contributed by atoms with van der Waals surface area (Å²) in [6.45, 7) is 0. The van der Waals surface area contributed by atoms with Crippen LogP contribution in [0.1, 0.15) is 0 Å². The highest BCUT2D eigenvalue weighted by atomic mass is 15.3. The van der Waals surface area contributed by atoms with E-state index in [9.17, 15) is 0 Å². The molecule has 3 heterocycles. The largest absolute Gasteiger partial charge is 0.383 e. The lowest BCUT2D eigenvalue weighted by atomic mass is 10.3. The summed E-state index contributed by atoms with van der Waals surface area (Å²) in [5.41, 5.74) is 7.33. The van der Waals surface area contributed by atoms with Crippen LogP contribution in [0, 0.1) is 0 Å². The second-order valence-corrected chi connectivity index (χ2v) is 3.40. The number of aromatic nitrogens is 6. The number of rotatable bonds is 1. The number of anilines is 1. The molecule has 0 bridgehead atoms. The summed E-state index contributed by atoms with van der Waals surface area (Å²) in [6, 6.07) is 0. The fraction of sp³-hybridized carbons (Fsp3) is 0.111. The minimum absolute atomic E-state index is 0.561. The lowest BCUT2D eigenvalue weighted by Crippen LogP contribution is -1.99. The molecule has 0 amide bonds. The third-order valence-corrected chi connectivity index (χ3v) is 2.44. The van der Waals surface area contributed by atoms with Crippen molar-refractivity contribution in [1.82, 2.24) is 29.4 Å². The first-order valence-electron chi connectivity index (χ1n) is 4.70. The quantitative estimate of drug-likeness (QED) is 0.622. The zero-order chi connectivity index (χ0) is 11.1. The van der Waals surface area contributed by atoms with Gasteiger partial charge in [-0.1, -0.05) is 0 Å². The van der Waals surface area contributed by atoms with Crippen LogP contribution in [0.3, 0.4) is 0 Å². The molecule has 0 atom stereocenters. The molecule has 7 heteroatoms. The molecule has 0 aromatic carbocycles. The third-order valence-electron chi connectivity index (χ3n) is 2.44. The molecule has 0 radical (unpaired) electrons. The number of fused-ring (bicyclic) bond motifs is 1. The molecule has 0 aliphatic carbocycles. The Morgan fingerprint density at radius 3 is 2.88 bits per heavy atom. The maximum Gasteiger partial charge on any atom is 0.179 e. The number of nitrogens with two attached hydrogens (primary N) is 1. The molecule has 0 aliphatic rings. The van der Waals surface area contributed by atoms with Crippen molar-refractivity contribution in [2.24, 2.45) is 7.05 Å². The third kappa shape index (κ3) is 1.08. The van der Waals surface area contributed by atoms with E-state index >= 15 is 0 Å². The van der Waals surface area contributed by atoms with Crippen molar-refractivity contribution in [2.45, 2.75) is 0 Å². The molecular formula is C9H9N7. The van der Waals surface area contributed by atoms with E-state index in [2.05, 4.69) is 20.3 Å². The average molecular weight is 215 g/mol. The predicted molar refractivity (Wildman–Crippen MR) is 57.4 cm³/mol. The summed E-state index contributed by atoms with van der Waals surface area (Å²) >= 11 is 0. The van der Waals surface area contributed by atoms with E-state index in [0.29, 0.717) is 17.3 Å². The van der Waals surface area contributed by atoms with Gasteiger partial charge in [0.15, 0.2) is 11.5 Å². The number of aryl methyl sites for hydroxylation is 1. The lowest BCUT2D eigenvalue weighted by Gasteiger charge is -1.98. The maximum atomic E-state index is 5.89. The SMILES string of the molecule is Cn1ncc(-c2nnc3cnccn23)c1N. The van der Waals surface area contributed by atoms with E-state index < -0.39 is 0 Å². The van der Waals surface area contributed by atoms with Crippen LogP contribution in [0.2, 0.25) is 0 Å². The molecule has 0 unspecified atom stereocenters. The van der Waals surface area contributed by atoms with E-state index in [-0.39, 0.29) is 0 Å². The highest BCUT2D eigenvalue weighted by molar-refractivity contribution is 5.69. The summed E-state index contributed by atoms with van der Waals surface area (Å²) in [4.78, 5) is 3.97. The van der Waals surface area contributed by atoms with E-state index in [1.165, 1.54) is 0 Å². The highest BCUT2D eigenvalue weighted by Crippen LogP contribution is 2.23. The molecule has 2 N–H and O–H groups in total. The Kier molecular flexibility index (Phi) is 1.67. The van der Waals surface area contributed by atoms with Crippen LogP contribution in [-0.2, 0) is 7.05 Å². The molecule has 3 aromatic heterocycles. The lowest BCUT2D eigenvalue weighted by molar-refractivity contribution is 0.779. The first kappa shape index (κ1) is 8.84. The van der Waals surface area contributed by atoms with Gasteiger partial charge in [-0.3, -0.25) is 14.1 Å². The van der Waals surface area contributed by atoms with E-state index in [4.69, 9.17) is 5.73 Å². The second-order valence-electron chi connectivity index (χ2n) is 3.40. The van der Waals surface area contributed by atoms with Gasteiger partial charge in [0.2, 0.25) is 0 Å². The minimum atomic E-state index is 0.561. The summed E-state index contributed by atoms with van der Waals surface area (Å²) < 4.78 is 3.41. The van der Waals surface area contributed by atoms with E-state index in [0.717, 1.165) is 5.56 Å². The molecule has 0 spiro atoms. The Balaban J connectivity index is 2.30. The zero-order valence-corrected chi connectivity index (χ0v) is 8.57. The van der Waals surface area contributed by atoms with Gasteiger partial charge < -0.3 is 5.73 Å². The normalized spacial score (nSPS) is 11.1. The molecule has 3 rings (SSSR count).